The van der Waals surface area contributed by atoms with Crippen molar-refractivity contribution in [3.05, 3.63) is 30.0 Å². The van der Waals surface area contributed by atoms with E-state index in [1.54, 1.807) is 0 Å². The van der Waals surface area contributed by atoms with Gasteiger partial charge in [-0.2, -0.15) is 5.10 Å². The van der Waals surface area contributed by atoms with Crippen LogP contribution in [0.25, 0.3) is 10.9 Å². The molecule has 1 heterocycles. The monoisotopic (exact) mass is 288 g/mol. The fraction of sp³-hybridized carbons (Fsp3) is 0.500. The van der Waals surface area contributed by atoms with Crippen LogP contribution in [0, 0.1) is 0 Å². The number of amides is 1. The molecule has 2 rings (SSSR count). The molecule has 1 unspecified atom stereocenters. The number of carbonyl (C=O) groups excluding carboxylic acids is 1. The smallest absolute Gasteiger partial charge is 0.237 e. The number of nitrogens with one attached hydrogen (secondary N) is 2. The third-order valence-corrected chi connectivity index (χ3v) is 3.30. The van der Waals surface area contributed by atoms with Crippen LogP contribution in [0.3, 0.4) is 0 Å². The molecule has 0 saturated carbocycles. The molecule has 1 amide bonds. The Bertz CT molecular complexity index is 639. The summed E-state index contributed by atoms with van der Waals surface area (Å²) in [5.74, 6) is 0.00253. The van der Waals surface area contributed by atoms with Gasteiger partial charge < -0.3 is 10.6 Å². The summed E-state index contributed by atoms with van der Waals surface area (Å²) in [6.07, 6.45) is 0. The van der Waals surface area contributed by atoms with Crippen molar-refractivity contribution in [2.24, 2.45) is 7.05 Å². The first-order valence-corrected chi connectivity index (χ1v) is 7.24. The molecule has 1 aromatic carbocycles. The summed E-state index contributed by atoms with van der Waals surface area (Å²) < 4.78 is 1.87. The van der Waals surface area contributed by atoms with Crippen LogP contribution < -0.4 is 10.6 Å². The summed E-state index contributed by atoms with van der Waals surface area (Å²) in [6.45, 7) is 8.37. The zero-order valence-electron chi connectivity index (χ0n) is 13.4. The highest BCUT2D eigenvalue weighted by atomic mass is 16.2. The maximum atomic E-state index is 12.0. The Morgan fingerprint density at radius 3 is 2.67 bits per heavy atom. The second kappa shape index (κ2) is 5.85. The van der Waals surface area contributed by atoms with Gasteiger partial charge in [0, 0.05) is 24.5 Å². The topological polar surface area (TPSA) is 59.0 Å². The van der Waals surface area contributed by atoms with Crippen molar-refractivity contribution < 1.29 is 4.79 Å². The Hall–Kier alpha value is -1.88. The van der Waals surface area contributed by atoms with Crippen molar-refractivity contribution in [2.45, 2.75) is 45.8 Å². The van der Waals surface area contributed by atoms with Gasteiger partial charge in [-0.3, -0.25) is 9.48 Å². The first kappa shape index (κ1) is 15.5. The van der Waals surface area contributed by atoms with Crippen LogP contribution in [0.4, 0.5) is 0 Å². The van der Waals surface area contributed by atoms with Crippen LogP contribution in [0.1, 0.15) is 33.4 Å². The van der Waals surface area contributed by atoms with Gasteiger partial charge in [-0.15, -0.1) is 0 Å². The first-order valence-electron chi connectivity index (χ1n) is 7.24. The number of aryl methyl sites for hydroxylation is 1. The summed E-state index contributed by atoms with van der Waals surface area (Å²) in [5.41, 5.74) is 1.84. The van der Waals surface area contributed by atoms with Crippen LogP contribution in [-0.2, 0) is 18.4 Å². The van der Waals surface area contributed by atoms with E-state index in [0.29, 0.717) is 6.54 Å². The van der Waals surface area contributed by atoms with Crippen LogP contribution >= 0.6 is 0 Å². The minimum Gasteiger partial charge on any atom is -0.350 e. The molecule has 0 bridgehead atoms. The lowest BCUT2D eigenvalue weighted by Gasteiger charge is -2.23. The van der Waals surface area contributed by atoms with Crippen molar-refractivity contribution in [3.63, 3.8) is 0 Å². The number of carbonyl (C=O) groups is 1. The molecule has 1 aromatic heterocycles. The molecule has 0 aliphatic rings. The molecule has 0 aliphatic carbocycles. The molecule has 0 fully saturated rings. The number of fused-ring (bicyclic) bond motifs is 1. The van der Waals surface area contributed by atoms with Crippen molar-refractivity contribution in [2.75, 3.05) is 0 Å². The summed E-state index contributed by atoms with van der Waals surface area (Å²) in [7, 11) is 1.93. The third kappa shape index (κ3) is 3.82. The third-order valence-electron chi connectivity index (χ3n) is 3.30. The largest absolute Gasteiger partial charge is 0.350 e. The summed E-state index contributed by atoms with van der Waals surface area (Å²) in [6, 6.07) is 7.84. The molecule has 2 N–H and O–H groups in total. The predicted octanol–water partition coefficient (Wildman–Crippen LogP) is 1.97. The van der Waals surface area contributed by atoms with Crippen LogP contribution in [0.2, 0.25) is 0 Å². The molecule has 5 heteroatoms. The van der Waals surface area contributed by atoms with Gasteiger partial charge in [0.1, 0.15) is 0 Å². The highest BCUT2D eigenvalue weighted by Crippen LogP contribution is 2.17. The average molecular weight is 288 g/mol. The SMILES string of the molecule is CC(NCc1nn(C)c2ccccc12)C(=O)NC(C)(C)C. The lowest BCUT2D eigenvalue weighted by molar-refractivity contribution is -0.124. The number of rotatable bonds is 4. The van der Waals surface area contributed by atoms with Gasteiger partial charge in [0.05, 0.1) is 17.3 Å². The maximum Gasteiger partial charge on any atom is 0.237 e. The van der Waals surface area contributed by atoms with Gasteiger partial charge in [0.25, 0.3) is 0 Å². The van der Waals surface area contributed by atoms with Crippen LogP contribution in [0.5, 0.6) is 0 Å². The molecule has 1 atom stereocenters. The zero-order valence-corrected chi connectivity index (χ0v) is 13.4. The van der Waals surface area contributed by atoms with E-state index in [1.165, 1.54) is 0 Å². The molecule has 5 nitrogen and oxygen atoms in total. The lowest BCUT2D eigenvalue weighted by atomic mass is 10.1. The molecular formula is C16H24N4O. The van der Waals surface area contributed by atoms with E-state index in [9.17, 15) is 4.79 Å². The predicted molar refractivity (Wildman–Crippen MR) is 84.9 cm³/mol. The standard InChI is InChI=1S/C16H24N4O/c1-11(15(21)18-16(2,3)4)17-10-13-12-8-6-7-9-14(12)20(5)19-13/h6-9,11,17H,10H2,1-5H3,(H,18,21). The van der Waals surface area contributed by atoms with Gasteiger partial charge in [0.2, 0.25) is 5.91 Å². The number of nitrogens with zero attached hydrogens (tertiary/aromatic N) is 2. The van der Waals surface area contributed by atoms with Gasteiger partial charge in [0.15, 0.2) is 0 Å². The van der Waals surface area contributed by atoms with E-state index in [-0.39, 0.29) is 17.5 Å². The van der Waals surface area contributed by atoms with E-state index in [4.69, 9.17) is 0 Å². The summed E-state index contributed by atoms with van der Waals surface area (Å²) in [4.78, 5) is 12.0. The number of aromatic nitrogens is 2. The summed E-state index contributed by atoms with van der Waals surface area (Å²) >= 11 is 0. The minimum atomic E-state index is -0.259. The quantitative estimate of drug-likeness (QED) is 0.904. The van der Waals surface area contributed by atoms with Crippen LogP contribution in [0.15, 0.2) is 24.3 Å². The Morgan fingerprint density at radius 2 is 2.00 bits per heavy atom. The summed E-state index contributed by atoms with van der Waals surface area (Å²) in [5, 5.41) is 11.8. The normalized spacial score (nSPS) is 13.4. The molecule has 0 saturated heterocycles. The molecule has 21 heavy (non-hydrogen) atoms. The van der Waals surface area contributed by atoms with Gasteiger partial charge in [-0.05, 0) is 33.8 Å². The van der Waals surface area contributed by atoms with Crippen molar-refractivity contribution in [1.29, 1.82) is 0 Å². The highest BCUT2D eigenvalue weighted by molar-refractivity contribution is 5.83. The van der Waals surface area contributed by atoms with E-state index in [1.807, 2.05) is 57.6 Å². The number of hydrogen-bond acceptors (Lipinski definition) is 3. The molecule has 2 aromatic rings. The first-order chi connectivity index (χ1) is 9.78. The van der Waals surface area contributed by atoms with E-state index in [2.05, 4.69) is 21.8 Å². The van der Waals surface area contributed by atoms with E-state index < -0.39 is 0 Å². The second-order valence-electron chi connectivity index (χ2n) is 6.43. The molecule has 114 valence electrons. The second-order valence-corrected chi connectivity index (χ2v) is 6.43. The van der Waals surface area contributed by atoms with Crippen molar-refractivity contribution >= 4 is 16.8 Å². The number of benzene rings is 1. The minimum absolute atomic E-state index is 0.00253. The molecular weight excluding hydrogens is 264 g/mol. The van der Waals surface area contributed by atoms with E-state index in [0.717, 1.165) is 16.6 Å². The molecule has 0 spiro atoms. The number of hydrogen-bond donors (Lipinski definition) is 2. The fourth-order valence-electron chi connectivity index (χ4n) is 2.24. The Morgan fingerprint density at radius 1 is 1.33 bits per heavy atom. The van der Waals surface area contributed by atoms with Gasteiger partial charge in [-0.25, -0.2) is 0 Å². The average Bonchev–Trinajstić information content (AvgIpc) is 2.71. The van der Waals surface area contributed by atoms with Crippen LogP contribution in [-0.4, -0.2) is 27.3 Å². The maximum absolute atomic E-state index is 12.0. The molecule has 0 radical (unpaired) electrons. The van der Waals surface area contributed by atoms with Gasteiger partial charge in [-0.1, -0.05) is 18.2 Å². The van der Waals surface area contributed by atoms with E-state index >= 15 is 0 Å². The highest BCUT2D eigenvalue weighted by Gasteiger charge is 2.19. The Balaban J connectivity index is 2.03. The zero-order chi connectivity index (χ0) is 15.6. The van der Waals surface area contributed by atoms with Crippen molar-refractivity contribution in [1.82, 2.24) is 20.4 Å². The lowest BCUT2D eigenvalue weighted by Crippen LogP contribution is -2.49. The molecule has 0 aliphatic heterocycles. The Kier molecular flexibility index (Phi) is 4.32. The fourth-order valence-corrected chi connectivity index (χ4v) is 2.24. The number of para-hydroxylation sites is 1. The van der Waals surface area contributed by atoms with Crippen molar-refractivity contribution in [3.8, 4) is 0 Å². The van der Waals surface area contributed by atoms with Gasteiger partial charge >= 0.3 is 0 Å². The Labute approximate surface area is 125 Å².